The van der Waals surface area contributed by atoms with Crippen LogP contribution in [0.3, 0.4) is 0 Å². The van der Waals surface area contributed by atoms with Crippen molar-refractivity contribution in [3.05, 3.63) is 46.8 Å². The van der Waals surface area contributed by atoms with Crippen molar-refractivity contribution in [3.63, 3.8) is 0 Å². The molecule has 0 saturated carbocycles. The molecule has 2 aromatic rings. The number of hydrogen-bond acceptors (Lipinski definition) is 5. The number of carbonyl (C=O) groups excluding carboxylic acids is 3. The third-order valence-electron chi connectivity index (χ3n) is 3.98. The van der Waals surface area contributed by atoms with Crippen molar-refractivity contribution >= 4 is 23.5 Å². The van der Waals surface area contributed by atoms with E-state index in [0.29, 0.717) is 16.9 Å². The Morgan fingerprint density at radius 2 is 1.64 bits per heavy atom. The molecular formula is C20H26N4O4. The monoisotopic (exact) mass is 386 g/mol. The van der Waals surface area contributed by atoms with Crippen molar-refractivity contribution in [2.75, 3.05) is 11.9 Å². The van der Waals surface area contributed by atoms with Crippen LogP contribution in [0.5, 0.6) is 0 Å². The van der Waals surface area contributed by atoms with E-state index in [0.717, 1.165) is 5.69 Å². The summed E-state index contributed by atoms with van der Waals surface area (Å²) in [5.41, 5.74) is 2.44. The van der Waals surface area contributed by atoms with Crippen molar-refractivity contribution in [1.82, 2.24) is 15.1 Å². The molecule has 150 valence electrons. The number of benzene rings is 1. The Morgan fingerprint density at radius 1 is 1.07 bits per heavy atom. The third kappa shape index (κ3) is 5.42. The number of ether oxygens (including phenoxy) is 1. The predicted octanol–water partition coefficient (Wildman–Crippen LogP) is 2.36. The highest BCUT2D eigenvalue weighted by molar-refractivity contribution is 5.98. The van der Waals surface area contributed by atoms with Crippen molar-refractivity contribution in [3.8, 4) is 0 Å². The normalized spacial score (nSPS) is 11.1. The third-order valence-corrected chi connectivity index (χ3v) is 3.98. The molecule has 8 heteroatoms. The van der Waals surface area contributed by atoms with Gasteiger partial charge >= 0.3 is 5.97 Å². The van der Waals surface area contributed by atoms with Crippen LogP contribution in [0.2, 0.25) is 0 Å². The molecule has 2 rings (SSSR count). The SMILES string of the molecule is Cc1nn(C)c(C)c1NC(=O)COC(=O)c1ccc(C(=O)NC(C)(C)C)cc1. The Bertz CT molecular complexity index is 892. The minimum absolute atomic E-state index is 0.228. The Labute approximate surface area is 164 Å². The fourth-order valence-corrected chi connectivity index (χ4v) is 2.51. The summed E-state index contributed by atoms with van der Waals surface area (Å²) in [5, 5.41) is 9.76. The second-order valence-electron chi connectivity index (χ2n) is 7.58. The Morgan fingerprint density at radius 3 is 2.14 bits per heavy atom. The van der Waals surface area contributed by atoms with E-state index in [2.05, 4.69) is 15.7 Å². The molecule has 28 heavy (non-hydrogen) atoms. The molecule has 2 amide bonds. The molecule has 0 aliphatic heterocycles. The first-order valence-corrected chi connectivity index (χ1v) is 8.87. The fraction of sp³-hybridized carbons (Fsp3) is 0.400. The molecule has 2 N–H and O–H groups in total. The molecule has 1 heterocycles. The van der Waals surface area contributed by atoms with Crippen LogP contribution in [-0.2, 0) is 16.6 Å². The van der Waals surface area contributed by atoms with Gasteiger partial charge in [0, 0.05) is 18.2 Å². The lowest BCUT2D eigenvalue weighted by atomic mass is 10.1. The van der Waals surface area contributed by atoms with E-state index in [1.54, 1.807) is 30.8 Å². The number of aryl methyl sites for hydroxylation is 2. The molecule has 0 unspecified atom stereocenters. The number of rotatable bonds is 5. The van der Waals surface area contributed by atoms with E-state index >= 15 is 0 Å². The zero-order valence-corrected chi connectivity index (χ0v) is 17.0. The molecule has 0 atom stereocenters. The maximum Gasteiger partial charge on any atom is 0.338 e. The summed E-state index contributed by atoms with van der Waals surface area (Å²) in [5.74, 6) is -1.32. The van der Waals surface area contributed by atoms with Gasteiger partial charge in [0.2, 0.25) is 0 Å². The molecule has 1 aromatic heterocycles. The van der Waals surface area contributed by atoms with Gasteiger partial charge in [-0.2, -0.15) is 5.10 Å². The Kier molecular flexibility index (Phi) is 6.23. The largest absolute Gasteiger partial charge is 0.452 e. The number of amides is 2. The first-order valence-electron chi connectivity index (χ1n) is 8.87. The summed E-state index contributed by atoms with van der Waals surface area (Å²) >= 11 is 0. The van der Waals surface area contributed by atoms with Crippen molar-refractivity contribution < 1.29 is 19.1 Å². The number of esters is 1. The molecule has 0 spiro atoms. The first-order chi connectivity index (χ1) is 13.0. The van der Waals surface area contributed by atoms with E-state index in [9.17, 15) is 14.4 Å². The topological polar surface area (TPSA) is 102 Å². The van der Waals surface area contributed by atoms with E-state index in [4.69, 9.17) is 4.74 Å². The number of aromatic nitrogens is 2. The van der Waals surface area contributed by atoms with Crippen LogP contribution in [-0.4, -0.2) is 39.7 Å². The summed E-state index contributed by atoms with van der Waals surface area (Å²) in [4.78, 5) is 36.3. The number of anilines is 1. The van der Waals surface area contributed by atoms with Gasteiger partial charge in [-0.25, -0.2) is 4.79 Å². The minimum atomic E-state index is -0.641. The van der Waals surface area contributed by atoms with Gasteiger partial charge in [0.25, 0.3) is 11.8 Å². The van der Waals surface area contributed by atoms with Crippen LogP contribution < -0.4 is 10.6 Å². The van der Waals surface area contributed by atoms with E-state index < -0.39 is 18.5 Å². The summed E-state index contributed by atoms with van der Waals surface area (Å²) < 4.78 is 6.71. The van der Waals surface area contributed by atoms with Gasteiger partial charge in [0.05, 0.1) is 22.6 Å². The average Bonchev–Trinajstić information content (AvgIpc) is 2.84. The second kappa shape index (κ2) is 8.24. The van der Waals surface area contributed by atoms with Gasteiger partial charge in [0.15, 0.2) is 6.61 Å². The van der Waals surface area contributed by atoms with Gasteiger partial charge in [0.1, 0.15) is 0 Å². The molecule has 0 fully saturated rings. The van der Waals surface area contributed by atoms with Crippen LogP contribution in [0.1, 0.15) is 52.9 Å². The number of hydrogen-bond donors (Lipinski definition) is 2. The highest BCUT2D eigenvalue weighted by atomic mass is 16.5. The molecule has 0 saturated heterocycles. The Balaban J connectivity index is 1.92. The lowest BCUT2D eigenvalue weighted by Gasteiger charge is -2.20. The van der Waals surface area contributed by atoms with Crippen LogP contribution in [0.4, 0.5) is 5.69 Å². The highest BCUT2D eigenvalue weighted by Crippen LogP contribution is 2.18. The lowest BCUT2D eigenvalue weighted by Crippen LogP contribution is -2.40. The van der Waals surface area contributed by atoms with E-state index in [1.807, 2.05) is 27.7 Å². The maximum atomic E-state index is 12.1. The zero-order valence-electron chi connectivity index (χ0n) is 17.0. The molecule has 0 aliphatic rings. The van der Waals surface area contributed by atoms with Crippen LogP contribution in [0, 0.1) is 13.8 Å². The molecule has 0 aliphatic carbocycles. The quantitative estimate of drug-likeness (QED) is 0.768. The van der Waals surface area contributed by atoms with Crippen molar-refractivity contribution in [2.45, 2.75) is 40.2 Å². The predicted molar refractivity (Wildman–Crippen MR) is 105 cm³/mol. The van der Waals surface area contributed by atoms with Gasteiger partial charge in [-0.1, -0.05) is 0 Å². The molecular weight excluding hydrogens is 360 g/mol. The summed E-state index contributed by atoms with van der Waals surface area (Å²) in [6, 6.07) is 6.07. The maximum absolute atomic E-state index is 12.1. The van der Waals surface area contributed by atoms with Gasteiger partial charge in [-0.3, -0.25) is 14.3 Å². The highest BCUT2D eigenvalue weighted by Gasteiger charge is 2.17. The summed E-state index contributed by atoms with van der Waals surface area (Å²) in [6.07, 6.45) is 0. The standard InChI is InChI=1S/C20H26N4O4/c1-12-17(13(2)24(6)23-12)21-16(25)11-28-19(27)15-9-7-14(8-10-15)18(26)22-20(3,4)5/h7-10H,11H2,1-6H3,(H,21,25)(H,22,26). The van der Waals surface area contributed by atoms with E-state index in [1.165, 1.54) is 12.1 Å². The molecule has 1 aromatic carbocycles. The minimum Gasteiger partial charge on any atom is -0.452 e. The number of carbonyl (C=O) groups is 3. The van der Waals surface area contributed by atoms with Crippen LogP contribution in [0.15, 0.2) is 24.3 Å². The fourth-order valence-electron chi connectivity index (χ4n) is 2.51. The molecule has 0 radical (unpaired) electrons. The average molecular weight is 386 g/mol. The smallest absolute Gasteiger partial charge is 0.338 e. The zero-order chi connectivity index (χ0) is 21.1. The second-order valence-corrected chi connectivity index (χ2v) is 7.58. The lowest BCUT2D eigenvalue weighted by molar-refractivity contribution is -0.119. The summed E-state index contributed by atoms with van der Waals surface area (Å²) in [6.45, 7) is 8.85. The first kappa shape index (κ1) is 21.1. The van der Waals surface area contributed by atoms with E-state index in [-0.39, 0.29) is 17.0 Å². The van der Waals surface area contributed by atoms with Gasteiger partial charge in [-0.15, -0.1) is 0 Å². The van der Waals surface area contributed by atoms with Crippen molar-refractivity contribution in [1.29, 1.82) is 0 Å². The van der Waals surface area contributed by atoms with Crippen molar-refractivity contribution in [2.24, 2.45) is 7.05 Å². The molecule has 0 bridgehead atoms. The van der Waals surface area contributed by atoms with Gasteiger partial charge < -0.3 is 15.4 Å². The van der Waals surface area contributed by atoms with Crippen LogP contribution in [0.25, 0.3) is 0 Å². The number of nitrogens with one attached hydrogen (secondary N) is 2. The summed E-state index contributed by atoms with van der Waals surface area (Å²) in [7, 11) is 1.78. The Hall–Kier alpha value is -3.16. The molecule has 8 nitrogen and oxygen atoms in total. The van der Waals surface area contributed by atoms with Gasteiger partial charge in [-0.05, 0) is 58.9 Å². The van der Waals surface area contributed by atoms with Crippen LogP contribution >= 0.6 is 0 Å². The number of nitrogens with zero attached hydrogens (tertiary/aromatic N) is 2.